The van der Waals surface area contributed by atoms with Crippen LogP contribution in [0.25, 0.3) is 0 Å². The van der Waals surface area contributed by atoms with Crippen LogP contribution in [0.2, 0.25) is 0 Å². The number of carbonyl (C=O) groups excluding carboxylic acids is 1. The van der Waals surface area contributed by atoms with E-state index in [4.69, 9.17) is 0 Å². The summed E-state index contributed by atoms with van der Waals surface area (Å²) < 4.78 is 0. The summed E-state index contributed by atoms with van der Waals surface area (Å²) in [4.78, 5) is 16.9. The summed E-state index contributed by atoms with van der Waals surface area (Å²) in [6, 6.07) is 2.58. The Labute approximate surface area is 111 Å². The van der Waals surface area contributed by atoms with Crippen LogP contribution in [0.4, 0.5) is 0 Å². The van der Waals surface area contributed by atoms with Crippen molar-refractivity contribution in [3.63, 3.8) is 0 Å². The number of ketones is 1. The van der Waals surface area contributed by atoms with Crippen molar-refractivity contribution in [2.24, 2.45) is 0 Å². The van der Waals surface area contributed by atoms with Crippen molar-refractivity contribution in [2.75, 3.05) is 13.6 Å². The Morgan fingerprint density at radius 2 is 1.83 bits per heavy atom. The maximum atomic E-state index is 11.7. The highest BCUT2D eigenvalue weighted by molar-refractivity contribution is 5.80. The maximum absolute atomic E-state index is 11.7. The molecule has 18 heavy (non-hydrogen) atoms. The van der Waals surface area contributed by atoms with Crippen LogP contribution in [0.3, 0.4) is 0 Å². The predicted molar refractivity (Wildman–Crippen MR) is 72.6 cm³/mol. The first-order chi connectivity index (χ1) is 8.65. The van der Waals surface area contributed by atoms with Gasteiger partial charge in [0.25, 0.3) is 0 Å². The molecule has 0 amide bonds. The molecular weight excluding hydrogens is 224 g/mol. The second-order valence-corrected chi connectivity index (χ2v) is 6.63. The van der Waals surface area contributed by atoms with E-state index in [0.29, 0.717) is 23.9 Å². The van der Waals surface area contributed by atoms with Crippen molar-refractivity contribution in [1.29, 1.82) is 0 Å². The number of hydrogen-bond acceptors (Lipinski definition) is 3. The lowest BCUT2D eigenvalue weighted by Crippen LogP contribution is -2.56. The summed E-state index contributed by atoms with van der Waals surface area (Å²) in [6.07, 6.45) is 8.20. The van der Waals surface area contributed by atoms with Gasteiger partial charge in [-0.15, -0.1) is 0 Å². The minimum Gasteiger partial charge on any atom is -0.300 e. The van der Waals surface area contributed by atoms with Gasteiger partial charge in [0.1, 0.15) is 5.78 Å². The number of nitrogens with zero attached hydrogens (tertiary/aromatic N) is 2. The van der Waals surface area contributed by atoms with Crippen LogP contribution >= 0.6 is 0 Å². The molecule has 0 aromatic rings. The van der Waals surface area contributed by atoms with Crippen molar-refractivity contribution in [2.45, 2.75) is 76.0 Å². The summed E-state index contributed by atoms with van der Waals surface area (Å²) in [5.74, 6) is 0.504. The summed E-state index contributed by atoms with van der Waals surface area (Å²) in [5, 5.41) is 0. The Morgan fingerprint density at radius 3 is 2.39 bits per heavy atom. The highest BCUT2D eigenvalue weighted by Gasteiger charge is 2.39. The predicted octanol–water partition coefficient (Wildman–Crippen LogP) is 2.06. The second-order valence-electron chi connectivity index (χ2n) is 6.63. The minimum absolute atomic E-state index is 0.504. The Kier molecular flexibility index (Phi) is 3.46. The molecule has 0 N–H and O–H groups in total. The van der Waals surface area contributed by atoms with Gasteiger partial charge in [0, 0.05) is 43.6 Å². The van der Waals surface area contributed by atoms with E-state index < -0.39 is 0 Å². The molecule has 3 unspecified atom stereocenters. The number of likely N-dealkylation sites (N-methyl/N-ethyl adjacent to an activating group) is 1. The lowest BCUT2D eigenvalue weighted by molar-refractivity contribution is -0.127. The van der Waals surface area contributed by atoms with Gasteiger partial charge in [-0.2, -0.15) is 0 Å². The van der Waals surface area contributed by atoms with Crippen molar-refractivity contribution in [3.05, 3.63) is 0 Å². The number of rotatable bonds is 4. The molecule has 3 rings (SSSR count). The van der Waals surface area contributed by atoms with Crippen molar-refractivity contribution >= 4 is 5.78 Å². The van der Waals surface area contributed by atoms with Crippen molar-refractivity contribution in [3.8, 4) is 0 Å². The zero-order valence-corrected chi connectivity index (χ0v) is 11.8. The molecule has 1 aliphatic carbocycles. The zero-order chi connectivity index (χ0) is 12.7. The van der Waals surface area contributed by atoms with Gasteiger partial charge in [-0.1, -0.05) is 6.42 Å². The van der Waals surface area contributed by atoms with Crippen molar-refractivity contribution < 1.29 is 4.79 Å². The number of hydrogen-bond donors (Lipinski definition) is 0. The Morgan fingerprint density at radius 1 is 1.22 bits per heavy atom. The largest absolute Gasteiger partial charge is 0.300 e. The molecule has 3 aliphatic rings. The molecule has 2 saturated heterocycles. The van der Waals surface area contributed by atoms with Gasteiger partial charge in [0.05, 0.1) is 0 Å². The Balaban J connectivity index is 1.62. The molecule has 3 nitrogen and oxygen atoms in total. The fourth-order valence-corrected chi connectivity index (χ4v) is 3.84. The molecule has 2 heterocycles. The van der Waals surface area contributed by atoms with Crippen LogP contribution in [-0.2, 0) is 4.79 Å². The molecule has 3 fully saturated rings. The monoisotopic (exact) mass is 250 g/mol. The highest BCUT2D eigenvalue weighted by atomic mass is 16.1. The lowest BCUT2D eigenvalue weighted by atomic mass is 9.83. The highest BCUT2D eigenvalue weighted by Crippen LogP contribution is 2.33. The van der Waals surface area contributed by atoms with Gasteiger partial charge in [0.15, 0.2) is 0 Å². The van der Waals surface area contributed by atoms with E-state index in [-0.39, 0.29) is 0 Å². The van der Waals surface area contributed by atoms with Gasteiger partial charge >= 0.3 is 0 Å². The van der Waals surface area contributed by atoms with Crippen LogP contribution in [0, 0.1) is 0 Å². The van der Waals surface area contributed by atoms with Crippen LogP contribution in [0.1, 0.15) is 51.9 Å². The van der Waals surface area contributed by atoms with Crippen LogP contribution < -0.4 is 0 Å². The third-order valence-electron chi connectivity index (χ3n) is 5.23. The molecule has 3 atom stereocenters. The van der Waals surface area contributed by atoms with E-state index in [2.05, 4.69) is 23.8 Å². The maximum Gasteiger partial charge on any atom is 0.136 e. The molecule has 0 radical (unpaired) electrons. The number of carbonyl (C=O) groups is 1. The SMILES string of the molecule is CC(CN1C2CCCC1CC(=O)C2)N(C)C1CC1. The average Bonchev–Trinajstić information content (AvgIpc) is 3.13. The lowest BCUT2D eigenvalue weighted by Gasteiger charge is -2.47. The van der Waals surface area contributed by atoms with E-state index in [9.17, 15) is 4.79 Å². The quantitative estimate of drug-likeness (QED) is 0.763. The third-order valence-corrected chi connectivity index (χ3v) is 5.23. The second kappa shape index (κ2) is 4.93. The first kappa shape index (κ1) is 12.6. The molecule has 0 aromatic carbocycles. The van der Waals surface area contributed by atoms with Crippen LogP contribution in [0.15, 0.2) is 0 Å². The fraction of sp³-hybridized carbons (Fsp3) is 0.933. The molecule has 0 aromatic heterocycles. The molecule has 102 valence electrons. The van der Waals surface area contributed by atoms with E-state index >= 15 is 0 Å². The molecule has 0 spiro atoms. The van der Waals surface area contributed by atoms with Gasteiger partial charge < -0.3 is 0 Å². The minimum atomic E-state index is 0.504. The van der Waals surface area contributed by atoms with E-state index in [0.717, 1.165) is 25.4 Å². The van der Waals surface area contributed by atoms with Gasteiger partial charge in [0.2, 0.25) is 0 Å². The summed E-state index contributed by atoms with van der Waals surface area (Å²) >= 11 is 0. The van der Waals surface area contributed by atoms with Crippen LogP contribution in [-0.4, -0.2) is 53.3 Å². The van der Waals surface area contributed by atoms with Gasteiger partial charge in [-0.25, -0.2) is 0 Å². The molecular formula is C15H26N2O. The van der Waals surface area contributed by atoms with E-state index in [1.165, 1.54) is 32.1 Å². The van der Waals surface area contributed by atoms with Gasteiger partial charge in [-0.3, -0.25) is 14.6 Å². The summed E-state index contributed by atoms with van der Waals surface area (Å²) in [7, 11) is 2.27. The molecule has 2 aliphatic heterocycles. The first-order valence-corrected chi connectivity index (χ1v) is 7.64. The zero-order valence-electron chi connectivity index (χ0n) is 11.8. The number of fused-ring (bicyclic) bond motifs is 2. The Bertz CT molecular complexity index is 310. The number of Topliss-reactive ketones (excluding diaryl/α,β-unsaturated/α-hetero) is 1. The molecule has 3 heteroatoms. The van der Waals surface area contributed by atoms with E-state index in [1.54, 1.807) is 0 Å². The topological polar surface area (TPSA) is 23.6 Å². The fourth-order valence-electron chi connectivity index (χ4n) is 3.84. The van der Waals surface area contributed by atoms with E-state index in [1.807, 2.05) is 0 Å². The summed E-state index contributed by atoms with van der Waals surface area (Å²) in [6.45, 7) is 3.51. The standard InChI is InChI=1S/C15H26N2O/c1-11(16(2)12-6-7-12)10-17-13-4-3-5-14(17)9-15(18)8-13/h11-14H,3-10H2,1-2H3. The normalized spacial score (nSPS) is 34.9. The molecule has 2 bridgehead atoms. The van der Waals surface area contributed by atoms with Crippen molar-refractivity contribution in [1.82, 2.24) is 9.80 Å². The third kappa shape index (κ3) is 2.48. The first-order valence-electron chi connectivity index (χ1n) is 7.64. The average molecular weight is 250 g/mol. The smallest absolute Gasteiger partial charge is 0.136 e. The number of piperidine rings is 2. The summed E-state index contributed by atoms with van der Waals surface area (Å²) in [5.41, 5.74) is 0. The Hall–Kier alpha value is -0.410. The van der Waals surface area contributed by atoms with Gasteiger partial charge in [-0.05, 0) is 39.7 Å². The molecule has 1 saturated carbocycles. The van der Waals surface area contributed by atoms with Crippen LogP contribution in [0.5, 0.6) is 0 Å².